The summed E-state index contributed by atoms with van der Waals surface area (Å²) in [6.45, 7) is 3.50. The zero-order valence-corrected chi connectivity index (χ0v) is 8.50. The van der Waals surface area contributed by atoms with Gasteiger partial charge in [-0.1, -0.05) is 18.2 Å². The van der Waals surface area contributed by atoms with Crippen LogP contribution in [0.1, 0.15) is 25.3 Å². The van der Waals surface area contributed by atoms with Crippen LogP contribution in [-0.2, 0) is 0 Å². The van der Waals surface area contributed by atoms with E-state index < -0.39 is 5.60 Å². The molecule has 0 spiro atoms. The van der Waals surface area contributed by atoms with Crippen molar-refractivity contribution in [3.63, 3.8) is 0 Å². The minimum Gasteiger partial charge on any atom is -0.390 e. The molecule has 3 heteroatoms. The molecule has 0 bridgehead atoms. The van der Waals surface area contributed by atoms with Gasteiger partial charge in [0.05, 0.1) is 5.60 Å². The first-order valence-electron chi connectivity index (χ1n) is 4.63. The molecule has 0 aromatic heterocycles. The highest BCUT2D eigenvalue weighted by molar-refractivity contribution is 5.24. The maximum absolute atomic E-state index is 13.4. The predicted molar refractivity (Wildman–Crippen MR) is 54.5 cm³/mol. The number of nitrogens with two attached hydrogens (primary N) is 1. The van der Waals surface area contributed by atoms with Gasteiger partial charge in [0.2, 0.25) is 0 Å². The molecule has 3 N–H and O–H groups in total. The van der Waals surface area contributed by atoms with E-state index in [0.717, 1.165) is 0 Å². The Kier molecular flexibility index (Phi) is 3.24. The zero-order chi connectivity index (χ0) is 10.8. The summed E-state index contributed by atoms with van der Waals surface area (Å²) in [6, 6.07) is 6.40. The van der Waals surface area contributed by atoms with Gasteiger partial charge in [0.15, 0.2) is 0 Å². The fraction of sp³-hybridized carbons (Fsp3) is 0.455. The molecule has 0 saturated carbocycles. The Labute approximate surface area is 83.6 Å². The minimum absolute atomic E-state index is 0.227. The van der Waals surface area contributed by atoms with Crippen LogP contribution in [-0.4, -0.2) is 17.3 Å². The molecular weight excluding hydrogens is 181 g/mol. The maximum atomic E-state index is 13.4. The molecule has 0 aliphatic rings. The van der Waals surface area contributed by atoms with Crippen molar-refractivity contribution in [2.45, 2.75) is 25.4 Å². The Morgan fingerprint density at radius 2 is 2.00 bits per heavy atom. The van der Waals surface area contributed by atoms with Gasteiger partial charge in [0.25, 0.3) is 0 Å². The molecule has 78 valence electrons. The van der Waals surface area contributed by atoms with Crippen molar-refractivity contribution in [2.75, 3.05) is 6.54 Å². The van der Waals surface area contributed by atoms with Crippen molar-refractivity contribution in [1.82, 2.24) is 0 Å². The highest BCUT2D eigenvalue weighted by Gasteiger charge is 2.28. The third-order valence-corrected chi connectivity index (χ3v) is 2.37. The monoisotopic (exact) mass is 197 g/mol. The lowest BCUT2D eigenvalue weighted by Crippen LogP contribution is -2.34. The van der Waals surface area contributed by atoms with Crippen LogP contribution in [0.25, 0.3) is 0 Å². The third-order valence-electron chi connectivity index (χ3n) is 2.37. The number of halogens is 1. The zero-order valence-electron chi connectivity index (χ0n) is 8.50. The minimum atomic E-state index is -1.00. The fourth-order valence-corrected chi connectivity index (χ4v) is 1.55. The van der Waals surface area contributed by atoms with E-state index in [4.69, 9.17) is 5.73 Å². The maximum Gasteiger partial charge on any atom is 0.126 e. The lowest BCUT2D eigenvalue weighted by Gasteiger charge is -2.28. The number of aliphatic hydroxyl groups is 1. The van der Waals surface area contributed by atoms with Crippen molar-refractivity contribution >= 4 is 0 Å². The average Bonchev–Trinajstić information content (AvgIpc) is 2.07. The van der Waals surface area contributed by atoms with E-state index in [2.05, 4.69) is 0 Å². The van der Waals surface area contributed by atoms with Gasteiger partial charge >= 0.3 is 0 Å². The second kappa shape index (κ2) is 4.07. The topological polar surface area (TPSA) is 46.2 Å². The fourth-order valence-electron chi connectivity index (χ4n) is 1.55. The van der Waals surface area contributed by atoms with Crippen molar-refractivity contribution in [3.8, 4) is 0 Å². The summed E-state index contributed by atoms with van der Waals surface area (Å²) in [4.78, 5) is 0. The molecule has 0 amide bonds. The number of benzene rings is 1. The number of hydrogen-bond acceptors (Lipinski definition) is 2. The molecule has 14 heavy (non-hydrogen) atoms. The molecule has 1 rings (SSSR count). The second-order valence-electron chi connectivity index (χ2n) is 3.96. The van der Waals surface area contributed by atoms with Crippen LogP contribution in [0.3, 0.4) is 0 Å². The molecule has 1 aromatic carbocycles. The Morgan fingerprint density at radius 1 is 1.43 bits per heavy atom. The van der Waals surface area contributed by atoms with Crippen LogP contribution in [0.4, 0.5) is 4.39 Å². The van der Waals surface area contributed by atoms with Gasteiger partial charge in [-0.15, -0.1) is 0 Å². The summed E-state index contributed by atoms with van der Waals surface area (Å²) in [6.07, 6.45) is 0. The van der Waals surface area contributed by atoms with E-state index in [0.29, 0.717) is 5.56 Å². The molecule has 0 saturated heterocycles. The lowest BCUT2D eigenvalue weighted by molar-refractivity contribution is 0.0513. The van der Waals surface area contributed by atoms with Gasteiger partial charge in [-0.05, 0) is 25.5 Å². The highest BCUT2D eigenvalue weighted by atomic mass is 19.1. The average molecular weight is 197 g/mol. The van der Waals surface area contributed by atoms with Crippen LogP contribution in [0.15, 0.2) is 24.3 Å². The summed E-state index contributed by atoms with van der Waals surface area (Å²) in [5.74, 6) is -0.686. The normalized spacial score (nSPS) is 14.1. The van der Waals surface area contributed by atoms with Crippen molar-refractivity contribution in [1.29, 1.82) is 0 Å². The molecule has 2 nitrogen and oxygen atoms in total. The van der Waals surface area contributed by atoms with E-state index in [9.17, 15) is 9.50 Å². The van der Waals surface area contributed by atoms with Gasteiger partial charge < -0.3 is 10.8 Å². The van der Waals surface area contributed by atoms with Gasteiger partial charge in [-0.25, -0.2) is 4.39 Å². The van der Waals surface area contributed by atoms with Crippen LogP contribution in [0.2, 0.25) is 0 Å². The van der Waals surface area contributed by atoms with Crippen molar-refractivity contribution < 1.29 is 9.50 Å². The molecule has 1 unspecified atom stereocenters. The summed E-state index contributed by atoms with van der Waals surface area (Å²) in [5, 5.41) is 9.81. The number of rotatable bonds is 3. The van der Waals surface area contributed by atoms with Crippen LogP contribution in [0.5, 0.6) is 0 Å². The summed E-state index contributed by atoms with van der Waals surface area (Å²) >= 11 is 0. The molecule has 0 aliphatic heterocycles. The highest BCUT2D eigenvalue weighted by Crippen LogP contribution is 2.28. The Hall–Kier alpha value is -0.930. The first kappa shape index (κ1) is 11.1. The van der Waals surface area contributed by atoms with Crippen LogP contribution >= 0.6 is 0 Å². The lowest BCUT2D eigenvalue weighted by atomic mass is 9.84. The molecule has 0 radical (unpaired) electrons. The van der Waals surface area contributed by atoms with E-state index in [1.165, 1.54) is 6.07 Å². The predicted octanol–water partition coefficient (Wildman–Crippen LogP) is 1.64. The summed E-state index contributed by atoms with van der Waals surface area (Å²) in [5.41, 5.74) is 5.00. The number of hydrogen-bond donors (Lipinski definition) is 2. The first-order valence-corrected chi connectivity index (χ1v) is 4.63. The van der Waals surface area contributed by atoms with Crippen molar-refractivity contribution in [2.24, 2.45) is 5.73 Å². The van der Waals surface area contributed by atoms with Crippen LogP contribution < -0.4 is 5.73 Å². The third kappa shape index (κ3) is 2.30. The molecular formula is C11H16FNO. The smallest absolute Gasteiger partial charge is 0.126 e. The molecule has 1 atom stereocenters. The van der Waals surface area contributed by atoms with E-state index in [1.54, 1.807) is 32.0 Å². The van der Waals surface area contributed by atoms with Crippen molar-refractivity contribution in [3.05, 3.63) is 35.6 Å². The second-order valence-corrected chi connectivity index (χ2v) is 3.96. The Bertz CT molecular complexity index is 306. The van der Waals surface area contributed by atoms with Gasteiger partial charge in [0, 0.05) is 12.5 Å². The van der Waals surface area contributed by atoms with Gasteiger partial charge in [0.1, 0.15) is 5.82 Å². The molecule has 1 aromatic rings. The SMILES string of the molecule is CC(C)(O)C(CN)c1ccccc1F. The first-order chi connectivity index (χ1) is 6.46. The Morgan fingerprint density at radius 3 is 2.43 bits per heavy atom. The van der Waals surface area contributed by atoms with E-state index in [1.807, 2.05) is 0 Å². The van der Waals surface area contributed by atoms with E-state index >= 15 is 0 Å². The molecule has 0 aliphatic carbocycles. The van der Waals surface area contributed by atoms with Crippen LogP contribution in [0, 0.1) is 5.82 Å². The Balaban J connectivity index is 3.08. The molecule has 0 heterocycles. The molecule has 0 fully saturated rings. The van der Waals surface area contributed by atoms with E-state index in [-0.39, 0.29) is 18.3 Å². The quantitative estimate of drug-likeness (QED) is 0.773. The summed E-state index contributed by atoms with van der Waals surface area (Å²) < 4.78 is 13.4. The standard InChI is InChI=1S/C11H16FNO/c1-11(2,14)9(7-13)8-5-3-4-6-10(8)12/h3-6,9,14H,7,13H2,1-2H3. The van der Waals surface area contributed by atoms with Gasteiger partial charge in [-0.2, -0.15) is 0 Å². The largest absolute Gasteiger partial charge is 0.390 e. The summed E-state index contributed by atoms with van der Waals surface area (Å²) in [7, 11) is 0. The van der Waals surface area contributed by atoms with Gasteiger partial charge in [-0.3, -0.25) is 0 Å².